The molecule has 0 radical (unpaired) electrons. The van der Waals surface area contributed by atoms with Gasteiger partial charge in [0.2, 0.25) is 6.41 Å². The summed E-state index contributed by atoms with van der Waals surface area (Å²) in [6.45, 7) is 4.21. The van der Waals surface area contributed by atoms with Crippen molar-refractivity contribution < 1.29 is 23.9 Å². The Hall–Kier alpha value is -1.59. The monoisotopic (exact) mass is 411 g/mol. The Kier molecular flexibility index (Phi) is 14.2. The summed E-state index contributed by atoms with van der Waals surface area (Å²) < 4.78 is 10.9. The molecule has 1 aliphatic heterocycles. The SMILES string of the molecule is CCCCCCCCCCC[C@@H](C[C@@H]1OC(=O)[C@H]1CCCC)OC(=O)CNC=O. The van der Waals surface area contributed by atoms with Crippen LogP contribution in [0.4, 0.5) is 0 Å². The number of unbranched alkanes of at least 4 members (excludes halogenated alkanes) is 9. The number of nitrogens with one attached hydrogen (secondary N) is 1. The van der Waals surface area contributed by atoms with Crippen molar-refractivity contribution >= 4 is 18.3 Å². The zero-order valence-electron chi connectivity index (χ0n) is 18.5. The van der Waals surface area contributed by atoms with Crippen molar-refractivity contribution in [2.75, 3.05) is 6.54 Å². The van der Waals surface area contributed by atoms with Crippen LogP contribution in [0, 0.1) is 5.92 Å². The van der Waals surface area contributed by atoms with E-state index < -0.39 is 5.97 Å². The van der Waals surface area contributed by atoms with Gasteiger partial charge in [0.1, 0.15) is 18.8 Å². The van der Waals surface area contributed by atoms with Gasteiger partial charge in [-0.05, 0) is 19.3 Å². The summed E-state index contributed by atoms with van der Waals surface area (Å²) in [6, 6.07) is 0. The highest BCUT2D eigenvalue weighted by molar-refractivity contribution is 5.78. The third-order valence-electron chi connectivity index (χ3n) is 5.64. The van der Waals surface area contributed by atoms with Gasteiger partial charge in [0.15, 0.2) is 0 Å². The van der Waals surface area contributed by atoms with Crippen LogP contribution in [0.1, 0.15) is 104 Å². The summed E-state index contributed by atoms with van der Waals surface area (Å²) >= 11 is 0. The molecule has 0 aliphatic carbocycles. The largest absolute Gasteiger partial charge is 0.461 e. The molecule has 1 rings (SSSR count). The van der Waals surface area contributed by atoms with Gasteiger partial charge in [-0.15, -0.1) is 0 Å². The van der Waals surface area contributed by atoms with E-state index in [2.05, 4.69) is 19.2 Å². The highest BCUT2D eigenvalue weighted by atomic mass is 16.6. The average Bonchev–Trinajstić information content (AvgIpc) is 2.70. The first-order valence-electron chi connectivity index (χ1n) is 11.7. The number of amides is 1. The second-order valence-corrected chi connectivity index (χ2v) is 8.19. The number of hydrogen-bond acceptors (Lipinski definition) is 5. The Morgan fingerprint density at radius 3 is 2.24 bits per heavy atom. The van der Waals surface area contributed by atoms with E-state index in [1.54, 1.807) is 0 Å². The molecule has 3 atom stereocenters. The number of ether oxygens (including phenoxy) is 2. The zero-order valence-corrected chi connectivity index (χ0v) is 18.5. The number of carbonyl (C=O) groups excluding carboxylic acids is 3. The molecule has 29 heavy (non-hydrogen) atoms. The van der Waals surface area contributed by atoms with Crippen LogP contribution in [0.15, 0.2) is 0 Å². The number of cyclic esters (lactones) is 1. The van der Waals surface area contributed by atoms with Crippen LogP contribution in [-0.4, -0.2) is 37.1 Å². The van der Waals surface area contributed by atoms with Gasteiger partial charge in [-0.1, -0.05) is 78.1 Å². The maximum atomic E-state index is 11.9. The van der Waals surface area contributed by atoms with Crippen LogP contribution in [0.3, 0.4) is 0 Å². The molecule has 0 unspecified atom stereocenters. The van der Waals surface area contributed by atoms with E-state index in [4.69, 9.17) is 9.47 Å². The summed E-state index contributed by atoms with van der Waals surface area (Å²) in [5.74, 6) is -0.625. The van der Waals surface area contributed by atoms with Crippen molar-refractivity contribution in [1.29, 1.82) is 0 Å². The van der Waals surface area contributed by atoms with Gasteiger partial charge in [0.25, 0.3) is 0 Å². The fourth-order valence-corrected chi connectivity index (χ4v) is 3.86. The molecule has 1 heterocycles. The Morgan fingerprint density at radius 2 is 1.66 bits per heavy atom. The van der Waals surface area contributed by atoms with Crippen LogP contribution in [0.2, 0.25) is 0 Å². The van der Waals surface area contributed by atoms with Crippen LogP contribution >= 0.6 is 0 Å². The topological polar surface area (TPSA) is 81.7 Å². The summed E-state index contributed by atoms with van der Waals surface area (Å²) in [6.07, 6.45) is 15.5. The lowest BCUT2D eigenvalue weighted by Crippen LogP contribution is -2.47. The molecular weight excluding hydrogens is 370 g/mol. The van der Waals surface area contributed by atoms with Crippen molar-refractivity contribution in [1.82, 2.24) is 5.32 Å². The van der Waals surface area contributed by atoms with Gasteiger partial charge >= 0.3 is 11.9 Å². The van der Waals surface area contributed by atoms with E-state index in [0.717, 1.165) is 38.5 Å². The lowest BCUT2D eigenvalue weighted by atomic mass is 9.87. The first kappa shape index (κ1) is 25.4. The van der Waals surface area contributed by atoms with E-state index in [0.29, 0.717) is 12.8 Å². The molecule has 0 spiro atoms. The van der Waals surface area contributed by atoms with Gasteiger partial charge in [0.05, 0.1) is 5.92 Å². The molecule has 6 heteroatoms. The second-order valence-electron chi connectivity index (χ2n) is 8.19. The van der Waals surface area contributed by atoms with E-state index in [1.807, 2.05) is 0 Å². The number of esters is 2. The smallest absolute Gasteiger partial charge is 0.325 e. The van der Waals surface area contributed by atoms with E-state index in [9.17, 15) is 14.4 Å². The fourth-order valence-electron chi connectivity index (χ4n) is 3.86. The van der Waals surface area contributed by atoms with Gasteiger partial charge in [-0.25, -0.2) is 0 Å². The maximum absolute atomic E-state index is 11.9. The van der Waals surface area contributed by atoms with Crippen LogP contribution in [0.5, 0.6) is 0 Å². The number of carbonyl (C=O) groups is 3. The van der Waals surface area contributed by atoms with Gasteiger partial charge in [-0.2, -0.15) is 0 Å². The number of hydrogen-bond donors (Lipinski definition) is 1. The molecule has 1 aliphatic rings. The average molecular weight is 412 g/mol. The zero-order chi connectivity index (χ0) is 21.3. The molecule has 1 saturated heterocycles. The first-order chi connectivity index (χ1) is 14.1. The second kappa shape index (κ2) is 16.2. The molecule has 1 fully saturated rings. The van der Waals surface area contributed by atoms with Crippen molar-refractivity contribution in [3.05, 3.63) is 0 Å². The summed E-state index contributed by atoms with van der Waals surface area (Å²) in [7, 11) is 0. The van der Waals surface area contributed by atoms with Crippen LogP contribution in [0.25, 0.3) is 0 Å². The van der Waals surface area contributed by atoms with E-state index >= 15 is 0 Å². The molecule has 0 aromatic carbocycles. The molecule has 0 aromatic heterocycles. The third kappa shape index (κ3) is 11.2. The maximum Gasteiger partial charge on any atom is 0.325 e. The minimum atomic E-state index is -0.436. The fraction of sp³-hybridized carbons (Fsp3) is 0.870. The summed E-state index contributed by atoms with van der Waals surface area (Å²) in [4.78, 5) is 34.1. The predicted molar refractivity (Wildman–Crippen MR) is 113 cm³/mol. The summed E-state index contributed by atoms with van der Waals surface area (Å²) in [5, 5.41) is 2.34. The number of rotatable bonds is 19. The molecule has 0 bridgehead atoms. The Balaban J connectivity index is 2.34. The predicted octanol–water partition coefficient (Wildman–Crippen LogP) is 4.69. The van der Waals surface area contributed by atoms with E-state index in [1.165, 1.54) is 44.9 Å². The molecule has 1 amide bonds. The van der Waals surface area contributed by atoms with E-state index in [-0.39, 0.29) is 30.6 Å². The lowest BCUT2D eigenvalue weighted by Gasteiger charge is -2.37. The van der Waals surface area contributed by atoms with Crippen LogP contribution < -0.4 is 5.32 Å². The van der Waals surface area contributed by atoms with Crippen LogP contribution in [-0.2, 0) is 23.9 Å². The molecule has 168 valence electrons. The van der Waals surface area contributed by atoms with Crippen molar-refractivity contribution in [2.45, 2.75) is 116 Å². The standard InChI is InChI=1S/C23H41NO5/c1-3-5-7-8-9-10-11-12-13-14-19(28-22(26)17-24-18-25)16-21-20(15-6-4-2)23(27)29-21/h18-21H,3-17H2,1-2H3,(H,24,25)/t19-,20-,21-/m0/s1. The minimum Gasteiger partial charge on any atom is -0.461 e. The Morgan fingerprint density at radius 1 is 1.03 bits per heavy atom. The molecule has 6 nitrogen and oxygen atoms in total. The lowest BCUT2D eigenvalue weighted by molar-refractivity contribution is -0.190. The molecule has 0 aromatic rings. The van der Waals surface area contributed by atoms with Gasteiger partial charge in [-0.3, -0.25) is 14.4 Å². The minimum absolute atomic E-state index is 0.0626. The molecule has 1 N–H and O–H groups in total. The third-order valence-corrected chi connectivity index (χ3v) is 5.64. The Bertz CT molecular complexity index is 468. The highest BCUT2D eigenvalue weighted by Gasteiger charge is 2.43. The highest BCUT2D eigenvalue weighted by Crippen LogP contribution is 2.32. The van der Waals surface area contributed by atoms with Crippen molar-refractivity contribution in [2.24, 2.45) is 5.92 Å². The van der Waals surface area contributed by atoms with Gasteiger partial charge in [0, 0.05) is 6.42 Å². The van der Waals surface area contributed by atoms with Crippen molar-refractivity contribution in [3.63, 3.8) is 0 Å². The molecular formula is C23H41NO5. The normalized spacial score (nSPS) is 19.2. The quantitative estimate of drug-likeness (QED) is 0.189. The van der Waals surface area contributed by atoms with Crippen molar-refractivity contribution in [3.8, 4) is 0 Å². The Labute approximate surface area is 176 Å². The molecule has 0 saturated carbocycles. The van der Waals surface area contributed by atoms with Gasteiger partial charge < -0.3 is 14.8 Å². The summed E-state index contributed by atoms with van der Waals surface area (Å²) in [5.41, 5.74) is 0. The first-order valence-corrected chi connectivity index (χ1v) is 11.7.